The third kappa shape index (κ3) is 4.31. The van der Waals surface area contributed by atoms with Crippen molar-refractivity contribution in [3.63, 3.8) is 0 Å². The highest BCUT2D eigenvalue weighted by Gasteiger charge is 2.28. The second-order valence-corrected chi connectivity index (χ2v) is 7.76. The maximum atomic E-state index is 12.7. The molecular formula is C16H24N2O4S. The summed E-state index contributed by atoms with van der Waals surface area (Å²) in [5.74, 6) is 0.480. The van der Waals surface area contributed by atoms with Crippen LogP contribution in [0.5, 0.6) is 0 Å². The number of hydroxylamine groups is 1. The molecule has 6 nitrogen and oxygen atoms in total. The lowest BCUT2D eigenvalue weighted by atomic mass is 10.2. The van der Waals surface area contributed by atoms with E-state index >= 15 is 0 Å². The van der Waals surface area contributed by atoms with E-state index in [9.17, 15) is 13.2 Å². The standard InChI is InChI=1S/C16H24N2O4S/c1-4-10-18(12-13-8-9-13)16(19)14-6-5-7-15(11-14)23(20,21)17(2)22-3/h5-7,11,13H,4,8-10,12H2,1-3H3. The molecule has 1 aliphatic carbocycles. The summed E-state index contributed by atoms with van der Waals surface area (Å²) in [4.78, 5) is 19.3. The van der Waals surface area contributed by atoms with Gasteiger partial charge in [0.25, 0.3) is 15.9 Å². The molecule has 1 aromatic rings. The minimum absolute atomic E-state index is 0.0515. The Hall–Kier alpha value is -1.44. The number of amides is 1. The monoisotopic (exact) mass is 340 g/mol. The van der Waals surface area contributed by atoms with Gasteiger partial charge in [0.05, 0.1) is 12.0 Å². The molecule has 0 aliphatic heterocycles. The molecule has 0 N–H and O–H groups in total. The normalized spacial score (nSPS) is 15.0. The fourth-order valence-electron chi connectivity index (χ4n) is 2.38. The van der Waals surface area contributed by atoms with Gasteiger partial charge in [-0.25, -0.2) is 8.42 Å². The lowest BCUT2D eigenvalue weighted by Gasteiger charge is -2.22. The first kappa shape index (κ1) is 17.9. The summed E-state index contributed by atoms with van der Waals surface area (Å²) in [5, 5.41) is 0. The molecule has 0 spiro atoms. The molecule has 0 aromatic heterocycles. The van der Waals surface area contributed by atoms with Gasteiger partial charge < -0.3 is 4.90 Å². The third-order valence-corrected chi connectivity index (χ3v) is 5.61. The lowest BCUT2D eigenvalue weighted by molar-refractivity contribution is -0.0258. The van der Waals surface area contributed by atoms with Gasteiger partial charge in [0.1, 0.15) is 0 Å². The first-order valence-corrected chi connectivity index (χ1v) is 9.26. The Morgan fingerprint density at radius 2 is 2.04 bits per heavy atom. The molecule has 7 heteroatoms. The Balaban J connectivity index is 2.25. The average Bonchev–Trinajstić information content (AvgIpc) is 3.37. The van der Waals surface area contributed by atoms with E-state index in [1.807, 2.05) is 11.8 Å². The average molecular weight is 340 g/mol. The maximum absolute atomic E-state index is 12.7. The second-order valence-electron chi connectivity index (χ2n) is 5.82. The number of sulfonamides is 1. The SMILES string of the molecule is CCCN(CC1CC1)C(=O)c1cccc(S(=O)(=O)N(C)OC)c1. The number of hydrogen-bond acceptors (Lipinski definition) is 4. The summed E-state index contributed by atoms with van der Waals surface area (Å²) >= 11 is 0. The van der Waals surface area contributed by atoms with Crippen molar-refractivity contribution in [2.24, 2.45) is 5.92 Å². The van der Waals surface area contributed by atoms with Crippen LogP contribution in [-0.4, -0.2) is 50.9 Å². The first-order valence-electron chi connectivity index (χ1n) is 7.82. The summed E-state index contributed by atoms with van der Waals surface area (Å²) in [7, 11) is -1.15. The van der Waals surface area contributed by atoms with E-state index in [1.54, 1.807) is 12.1 Å². The van der Waals surface area contributed by atoms with Crippen molar-refractivity contribution in [2.45, 2.75) is 31.1 Å². The fraction of sp³-hybridized carbons (Fsp3) is 0.562. The molecule has 0 unspecified atom stereocenters. The van der Waals surface area contributed by atoms with Gasteiger partial charge in [0.2, 0.25) is 0 Å². The van der Waals surface area contributed by atoms with Gasteiger partial charge >= 0.3 is 0 Å². The van der Waals surface area contributed by atoms with E-state index in [4.69, 9.17) is 4.84 Å². The number of carbonyl (C=O) groups is 1. The van der Waals surface area contributed by atoms with Gasteiger partial charge in [-0.05, 0) is 43.4 Å². The Morgan fingerprint density at radius 1 is 1.35 bits per heavy atom. The quantitative estimate of drug-likeness (QED) is 0.680. The summed E-state index contributed by atoms with van der Waals surface area (Å²) in [6, 6.07) is 6.13. The van der Waals surface area contributed by atoms with Crippen LogP contribution >= 0.6 is 0 Å². The molecule has 1 saturated carbocycles. The Kier molecular flexibility index (Phi) is 5.78. The molecule has 128 valence electrons. The summed E-state index contributed by atoms with van der Waals surface area (Å²) in [5.41, 5.74) is 0.393. The first-order chi connectivity index (χ1) is 10.9. The van der Waals surface area contributed by atoms with E-state index in [-0.39, 0.29) is 10.8 Å². The molecule has 0 heterocycles. The van der Waals surface area contributed by atoms with Crippen LogP contribution in [0, 0.1) is 5.92 Å². The largest absolute Gasteiger partial charge is 0.338 e. The van der Waals surface area contributed by atoms with Crippen LogP contribution in [0.3, 0.4) is 0 Å². The van der Waals surface area contributed by atoms with Crippen LogP contribution in [0.15, 0.2) is 29.2 Å². The highest BCUT2D eigenvalue weighted by Crippen LogP contribution is 2.30. The highest BCUT2D eigenvalue weighted by atomic mass is 32.2. The summed E-state index contributed by atoms with van der Waals surface area (Å²) in [6.07, 6.45) is 3.21. The topological polar surface area (TPSA) is 66.9 Å². The number of benzene rings is 1. The van der Waals surface area contributed by atoms with E-state index in [1.165, 1.54) is 39.1 Å². The molecule has 23 heavy (non-hydrogen) atoms. The van der Waals surface area contributed by atoms with Crippen LogP contribution in [0.2, 0.25) is 0 Å². The predicted molar refractivity (Wildman–Crippen MR) is 87.3 cm³/mol. The fourth-order valence-corrected chi connectivity index (χ4v) is 3.40. The molecule has 1 aromatic carbocycles. The second kappa shape index (κ2) is 7.42. The minimum Gasteiger partial charge on any atom is -0.338 e. The van der Waals surface area contributed by atoms with E-state index in [0.717, 1.165) is 17.4 Å². The zero-order chi connectivity index (χ0) is 17.0. The van der Waals surface area contributed by atoms with Crippen LogP contribution in [0.4, 0.5) is 0 Å². The van der Waals surface area contributed by atoms with E-state index in [0.29, 0.717) is 18.0 Å². The smallest absolute Gasteiger partial charge is 0.264 e. The molecule has 0 atom stereocenters. The zero-order valence-corrected chi connectivity index (χ0v) is 14.7. The van der Waals surface area contributed by atoms with Crippen LogP contribution in [-0.2, 0) is 14.9 Å². The van der Waals surface area contributed by atoms with Crippen molar-refractivity contribution >= 4 is 15.9 Å². The van der Waals surface area contributed by atoms with Crippen LogP contribution in [0.25, 0.3) is 0 Å². The number of carbonyl (C=O) groups excluding carboxylic acids is 1. The van der Waals surface area contributed by atoms with Crippen molar-refractivity contribution in [1.82, 2.24) is 9.37 Å². The Morgan fingerprint density at radius 3 is 2.61 bits per heavy atom. The third-order valence-electron chi connectivity index (χ3n) is 3.93. The molecule has 1 amide bonds. The van der Waals surface area contributed by atoms with Crippen molar-refractivity contribution in [1.29, 1.82) is 0 Å². The van der Waals surface area contributed by atoms with Gasteiger partial charge in [0, 0.05) is 25.7 Å². The minimum atomic E-state index is -3.75. The van der Waals surface area contributed by atoms with Crippen LogP contribution in [0.1, 0.15) is 36.5 Å². The lowest BCUT2D eigenvalue weighted by Crippen LogP contribution is -2.34. The maximum Gasteiger partial charge on any atom is 0.264 e. The molecule has 0 bridgehead atoms. The molecule has 1 fully saturated rings. The summed E-state index contributed by atoms with van der Waals surface area (Å²) in [6.45, 7) is 3.47. The van der Waals surface area contributed by atoms with Gasteiger partial charge in [-0.3, -0.25) is 9.63 Å². The zero-order valence-electron chi connectivity index (χ0n) is 13.9. The predicted octanol–water partition coefficient (Wildman–Crippen LogP) is 2.13. The van der Waals surface area contributed by atoms with Crippen molar-refractivity contribution in [2.75, 3.05) is 27.2 Å². The highest BCUT2D eigenvalue weighted by molar-refractivity contribution is 7.89. The van der Waals surface area contributed by atoms with Gasteiger partial charge in [0.15, 0.2) is 0 Å². The van der Waals surface area contributed by atoms with E-state index < -0.39 is 10.0 Å². The van der Waals surface area contributed by atoms with Gasteiger partial charge in [-0.15, -0.1) is 0 Å². The summed E-state index contributed by atoms with van der Waals surface area (Å²) < 4.78 is 25.4. The Bertz CT molecular complexity index is 656. The van der Waals surface area contributed by atoms with E-state index in [2.05, 4.69) is 0 Å². The molecule has 0 radical (unpaired) electrons. The molecule has 0 saturated heterocycles. The molecular weight excluding hydrogens is 316 g/mol. The van der Waals surface area contributed by atoms with Gasteiger partial charge in [-0.2, -0.15) is 0 Å². The van der Waals surface area contributed by atoms with Crippen molar-refractivity contribution < 1.29 is 18.0 Å². The number of nitrogens with zero attached hydrogens (tertiary/aromatic N) is 2. The van der Waals surface area contributed by atoms with Crippen LogP contribution < -0.4 is 0 Å². The molecule has 1 aliphatic rings. The number of rotatable bonds is 8. The van der Waals surface area contributed by atoms with Gasteiger partial charge in [-0.1, -0.05) is 17.5 Å². The molecule has 2 rings (SSSR count). The van der Waals surface area contributed by atoms with Crippen molar-refractivity contribution in [3.8, 4) is 0 Å². The van der Waals surface area contributed by atoms with Crippen molar-refractivity contribution in [3.05, 3.63) is 29.8 Å². The Labute approximate surface area is 138 Å². The number of hydrogen-bond donors (Lipinski definition) is 0.